The lowest BCUT2D eigenvalue weighted by Crippen LogP contribution is -2.42. The first kappa shape index (κ1) is 15.8. The molecule has 4 heteroatoms. The number of hydrogen-bond donors (Lipinski definition) is 2. The van der Waals surface area contributed by atoms with Crippen LogP contribution >= 0.6 is 12.4 Å². The van der Waals surface area contributed by atoms with E-state index in [0.717, 1.165) is 25.9 Å². The molecule has 1 aliphatic carbocycles. The van der Waals surface area contributed by atoms with Crippen molar-refractivity contribution in [1.29, 1.82) is 0 Å². The first-order valence-electron chi connectivity index (χ1n) is 7.08. The van der Waals surface area contributed by atoms with E-state index in [-0.39, 0.29) is 24.4 Å². The molecule has 0 aromatic carbocycles. The van der Waals surface area contributed by atoms with Crippen molar-refractivity contribution in [1.82, 2.24) is 10.6 Å². The minimum atomic E-state index is 0. The highest BCUT2D eigenvalue weighted by atomic mass is 35.5. The molecular weight excluding hydrogens is 248 g/mol. The molecule has 3 nitrogen and oxygen atoms in total. The van der Waals surface area contributed by atoms with Gasteiger partial charge in [-0.1, -0.05) is 13.8 Å². The number of carbonyl (C=O) groups excluding carboxylic acids is 1. The summed E-state index contributed by atoms with van der Waals surface area (Å²) in [4.78, 5) is 11.8. The molecule has 0 aromatic heterocycles. The van der Waals surface area contributed by atoms with Crippen LogP contribution in [0.3, 0.4) is 0 Å². The summed E-state index contributed by atoms with van der Waals surface area (Å²) in [5, 5.41) is 6.37. The standard InChI is InChI=1S/C14H26N2O.ClH/c1-14(2)7-5-11(6-8-14)10-16-13(17)12-4-3-9-15-12;/h11-12,15H,3-10H2,1-2H3,(H,16,17);1H. The van der Waals surface area contributed by atoms with Crippen molar-refractivity contribution in [3.63, 3.8) is 0 Å². The molecule has 106 valence electrons. The Bertz CT molecular complexity index is 265. The fourth-order valence-corrected chi connectivity index (χ4v) is 2.94. The first-order chi connectivity index (χ1) is 8.07. The molecule has 1 amide bonds. The molecule has 2 aliphatic rings. The highest BCUT2D eigenvalue weighted by Gasteiger charge is 2.28. The maximum atomic E-state index is 11.8. The third-order valence-electron chi connectivity index (χ3n) is 4.40. The fraction of sp³-hybridized carbons (Fsp3) is 0.929. The summed E-state index contributed by atoms with van der Waals surface area (Å²) in [7, 11) is 0. The SMILES string of the molecule is CC1(C)CCC(CNC(=O)C2CCCN2)CC1.Cl. The van der Waals surface area contributed by atoms with Gasteiger partial charge < -0.3 is 10.6 Å². The topological polar surface area (TPSA) is 41.1 Å². The predicted octanol–water partition coefficient (Wildman–Crippen LogP) is 2.49. The smallest absolute Gasteiger partial charge is 0.237 e. The summed E-state index contributed by atoms with van der Waals surface area (Å²) in [5.41, 5.74) is 0.521. The molecule has 1 heterocycles. The zero-order valence-electron chi connectivity index (χ0n) is 11.6. The van der Waals surface area contributed by atoms with Crippen molar-refractivity contribution in [3.05, 3.63) is 0 Å². The second-order valence-corrected chi connectivity index (χ2v) is 6.50. The van der Waals surface area contributed by atoms with Crippen LogP contribution < -0.4 is 10.6 Å². The third kappa shape index (κ3) is 4.43. The van der Waals surface area contributed by atoms with Crippen LogP contribution in [-0.4, -0.2) is 25.0 Å². The van der Waals surface area contributed by atoms with Crippen LogP contribution in [-0.2, 0) is 4.79 Å². The van der Waals surface area contributed by atoms with E-state index in [1.807, 2.05) is 0 Å². The first-order valence-corrected chi connectivity index (χ1v) is 7.08. The van der Waals surface area contributed by atoms with Gasteiger partial charge in [0.1, 0.15) is 0 Å². The van der Waals surface area contributed by atoms with Crippen molar-refractivity contribution in [3.8, 4) is 0 Å². The van der Waals surface area contributed by atoms with E-state index in [4.69, 9.17) is 0 Å². The average Bonchev–Trinajstić information content (AvgIpc) is 2.80. The minimum Gasteiger partial charge on any atom is -0.354 e. The van der Waals surface area contributed by atoms with Gasteiger partial charge >= 0.3 is 0 Å². The summed E-state index contributed by atoms with van der Waals surface area (Å²) in [6.45, 7) is 6.58. The molecule has 0 bridgehead atoms. The van der Waals surface area contributed by atoms with Gasteiger partial charge in [-0.2, -0.15) is 0 Å². The minimum absolute atomic E-state index is 0. The van der Waals surface area contributed by atoms with E-state index in [1.165, 1.54) is 25.7 Å². The number of nitrogens with one attached hydrogen (secondary N) is 2. The van der Waals surface area contributed by atoms with Gasteiger partial charge in [0.15, 0.2) is 0 Å². The van der Waals surface area contributed by atoms with Gasteiger partial charge in [-0.05, 0) is 56.4 Å². The Kier molecular flexibility index (Phi) is 5.93. The highest BCUT2D eigenvalue weighted by Crippen LogP contribution is 2.37. The van der Waals surface area contributed by atoms with Gasteiger partial charge in [0.2, 0.25) is 5.91 Å². The number of hydrogen-bond acceptors (Lipinski definition) is 2. The summed E-state index contributed by atoms with van der Waals surface area (Å²) < 4.78 is 0. The van der Waals surface area contributed by atoms with E-state index in [0.29, 0.717) is 11.3 Å². The Labute approximate surface area is 117 Å². The normalized spacial score (nSPS) is 27.6. The summed E-state index contributed by atoms with van der Waals surface area (Å²) in [6, 6.07) is 0.0787. The van der Waals surface area contributed by atoms with Crippen LogP contribution in [0.15, 0.2) is 0 Å². The molecule has 0 radical (unpaired) electrons. The van der Waals surface area contributed by atoms with Gasteiger partial charge in [-0.25, -0.2) is 0 Å². The predicted molar refractivity (Wildman–Crippen MR) is 77.0 cm³/mol. The summed E-state index contributed by atoms with van der Waals surface area (Å²) in [5.74, 6) is 0.917. The van der Waals surface area contributed by atoms with E-state index in [9.17, 15) is 4.79 Å². The van der Waals surface area contributed by atoms with Crippen LogP contribution in [0, 0.1) is 11.3 Å². The van der Waals surface area contributed by atoms with Crippen molar-refractivity contribution >= 4 is 18.3 Å². The largest absolute Gasteiger partial charge is 0.354 e. The quantitative estimate of drug-likeness (QED) is 0.830. The van der Waals surface area contributed by atoms with Crippen LogP contribution in [0.4, 0.5) is 0 Å². The highest BCUT2D eigenvalue weighted by molar-refractivity contribution is 5.85. The lowest BCUT2D eigenvalue weighted by molar-refractivity contribution is -0.123. The van der Waals surface area contributed by atoms with E-state index >= 15 is 0 Å². The molecule has 1 aliphatic heterocycles. The van der Waals surface area contributed by atoms with Gasteiger partial charge in [0.25, 0.3) is 0 Å². The Morgan fingerprint density at radius 2 is 1.94 bits per heavy atom. The van der Waals surface area contributed by atoms with E-state index in [2.05, 4.69) is 24.5 Å². The zero-order chi connectivity index (χ0) is 12.3. The molecule has 1 saturated heterocycles. The van der Waals surface area contributed by atoms with Gasteiger partial charge in [0, 0.05) is 6.54 Å². The molecule has 1 atom stereocenters. The molecule has 2 N–H and O–H groups in total. The zero-order valence-corrected chi connectivity index (χ0v) is 12.4. The lowest BCUT2D eigenvalue weighted by atomic mass is 9.73. The van der Waals surface area contributed by atoms with E-state index in [1.54, 1.807) is 0 Å². The Balaban J connectivity index is 0.00000162. The summed E-state index contributed by atoms with van der Waals surface area (Å²) in [6.07, 6.45) is 7.28. The molecular formula is C14H27ClN2O. The maximum absolute atomic E-state index is 11.8. The maximum Gasteiger partial charge on any atom is 0.237 e. The average molecular weight is 275 g/mol. The Hall–Kier alpha value is -0.280. The third-order valence-corrected chi connectivity index (χ3v) is 4.40. The van der Waals surface area contributed by atoms with Crippen molar-refractivity contribution in [2.24, 2.45) is 11.3 Å². The second kappa shape index (κ2) is 6.76. The van der Waals surface area contributed by atoms with Crippen molar-refractivity contribution in [2.45, 2.75) is 58.4 Å². The number of carbonyl (C=O) groups is 1. The fourth-order valence-electron chi connectivity index (χ4n) is 2.94. The monoisotopic (exact) mass is 274 g/mol. The van der Waals surface area contributed by atoms with Crippen LogP contribution in [0.25, 0.3) is 0 Å². The van der Waals surface area contributed by atoms with Crippen molar-refractivity contribution in [2.75, 3.05) is 13.1 Å². The molecule has 2 fully saturated rings. The van der Waals surface area contributed by atoms with E-state index < -0.39 is 0 Å². The lowest BCUT2D eigenvalue weighted by Gasteiger charge is -2.34. The molecule has 18 heavy (non-hydrogen) atoms. The van der Waals surface area contributed by atoms with Crippen LogP contribution in [0.5, 0.6) is 0 Å². The summed E-state index contributed by atoms with van der Waals surface area (Å²) >= 11 is 0. The van der Waals surface area contributed by atoms with Crippen LogP contribution in [0.2, 0.25) is 0 Å². The van der Waals surface area contributed by atoms with Gasteiger partial charge in [-0.3, -0.25) is 4.79 Å². The second-order valence-electron chi connectivity index (χ2n) is 6.50. The number of amides is 1. The van der Waals surface area contributed by atoms with Crippen LogP contribution in [0.1, 0.15) is 52.4 Å². The molecule has 0 aromatic rings. The van der Waals surface area contributed by atoms with Crippen molar-refractivity contribution < 1.29 is 4.79 Å². The van der Waals surface area contributed by atoms with Gasteiger partial charge in [0.05, 0.1) is 6.04 Å². The Morgan fingerprint density at radius 1 is 1.28 bits per heavy atom. The Morgan fingerprint density at radius 3 is 2.50 bits per heavy atom. The molecule has 1 unspecified atom stereocenters. The van der Waals surface area contributed by atoms with Gasteiger partial charge in [-0.15, -0.1) is 12.4 Å². The molecule has 1 saturated carbocycles. The molecule has 2 rings (SSSR count). The number of rotatable bonds is 3. The number of halogens is 1. The molecule has 0 spiro atoms.